The molecule has 0 aliphatic heterocycles. The highest BCUT2D eigenvalue weighted by molar-refractivity contribution is 8.68. The first-order valence-corrected chi connectivity index (χ1v) is 5.99. The average Bonchev–Trinajstić information content (AvgIpc) is 2.10. The van der Waals surface area contributed by atoms with Gasteiger partial charge >= 0.3 is 0 Å². The largest absolute Gasteiger partial charge is 0.359 e. The summed E-state index contributed by atoms with van der Waals surface area (Å²) in [5.74, 6) is 0. The number of hydrogen-bond acceptors (Lipinski definition) is 3. The normalized spacial score (nSPS) is 14.3. The standard InChI is InChI=1S/C10H16OS2/c1-5-7-9(6-2)10(13-12)11-8(3)4/h5-8,10,12H,1-2H2,3-4H3/b9-7+. The molecule has 74 valence electrons. The number of rotatable bonds is 6. The molecular weight excluding hydrogens is 200 g/mol. The molecule has 0 saturated carbocycles. The van der Waals surface area contributed by atoms with E-state index in [1.165, 1.54) is 10.8 Å². The second kappa shape index (κ2) is 7.30. The van der Waals surface area contributed by atoms with Gasteiger partial charge in [-0.1, -0.05) is 42.2 Å². The van der Waals surface area contributed by atoms with Crippen molar-refractivity contribution < 1.29 is 4.74 Å². The van der Waals surface area contributed by atoms with Crippen LogP contribution in [0.5, 0.6) is 0 Å². The minimum absolute atomic E-state index is 0.0705. The van der Waals surface area contributed by atoms with E-state index in [-0.39, 0.29) is 11.5 Å². The highest BCUT2D eigenvalue weighted by Gasteiger charge is 2.12. The van der Waals surface area contributed by atoms with Crippen LogP contribution in [0.2, 0.25) is 0 Å². The molecule has 0 rings (SSSR count). The molecule has 0 saturated heterocycles. The molecule has 1 atom stereocenters. The van der Waals surface area contributed by atoms with Gasteiger partial charge in [-0.15, -0.1) is 11.7 Å². The van der Waals surface area contributed by atoms with Crippen LogP contribution in [0.3, 0.4) is 0 Å². The van der Waals surface area contributed by atoms with E-state index in [9.17, 15) is 0 Å². The smallest absolute Gasteiger partial charge is 0.138 e. The van der Waals surface area contributed by atoms with Gasteiger partial charge in [-0.3, -0.25) is 0 Å². The van der Waals surface area contributed by atoms with Crippen LogP contribution in [-0.2, 0) is 4.74 Å². The lowest BCUT2D eigenvalue weighted by Crippen LogP contribution is -2.14. The van der Waals surface area contributed by atoms with Gasteiger partial charge < -0.3 is 4.74 Å². The van der Waals surface area contributed by atoms with Crippen LogP contribution < -0.4 is 0 Å². The van der Waals surface area contributed by atoms with Gasteiger partial charge in [0.15, 0.2) is 0 Å². The molecule has 0 radical (unpaired) electrons. The lowest BCUT2D eigenvalue weighted by atomic mass is 10.2. The summed E-state index contributed by atoms with van der Waals surface area (Å²) in [7, 11) is 1.36. The molecule has 0 aromatic rings. The zero-order valence-electron chi connectivity index (χ0n) is 8.06. The van der Waals surface area contributed by atoms with E-state index in [4.69, 9.17) is 4.74 Å². The van der Waals surface area contributed by atoms with Gasteiger partial charge in [-0.05, 0) is 19.4 Å². The molecule has 0 fully saturated rings. The molecule has 3 heteroatoms. The monoisotopic (exact) mass is 216 g/mol. The van der Waals surface area contributed by atoms with Crippen LogP contribution in [0.15, 0.2) is 37.0 Å². The van der Waals surface area contributed by atoms with Crippen molar-refractivity contribution in [1.82, 2.24) is 0 Å². The van der Waals surface area contributed by atoms with Gasteiger partial charge in [-0.25, -0.2) is 0 Å². The van der Waals surface area contributed by atoms with Crippen LogP contribution >= 0.6 is 22.5 Å². The van der Waals surface area contributed by atoms with Crippen molar-refractivity contribution in [2.45, 2.75) is 25.4 Å². The fraction of sp³-hybridized carbons (Fsp3) is 0.400. The minimum atomic E-state index is -0.0705. The summed E-state index contributed by atoms with van der Waals surface area (Å²) in [4.78, 5) is 0. The van der Waals surface area contributed by atoms with Crippen molar-refractivity contribution in [3.8, 4) is 0 Å². The highest BCUT2D eigenvalue weighted by Crippen LogP contribution is 2.25. The van der Waals surface area contributed by atoms with E-state index in [0.717, 1.165) is 5.57 Å². The van der Waals surface area contributed by atoms with Crippen LogP contribution in [0.4, 0.5) is 0 Å². The molecule has 0 spiro atoms. The summed E-state index contributed by atoms with van der Waals surface area (Å²) < 4.78 is 5.60. The predicted molar refractivity (Wildman–Crippen MR) is 65.1 cm³/mol. The van der Waals surface area contributed by atoms with Gasteiger partial charge in [0.2, 0.25) is 0 Å². The van der Waals surface area contributed by atoms with E-state index in [2.05, 4.69) is 24.8 Å². The molecule has 0 amide bonds. The van der Waals surface area contributed by atoms with Crippen molar-refractivity contribution in [3.05, 3.63) is 37.0 Å². The predicted octanol–water partition coefficient (Wildman–Crippen LogP) is 3.61. The fourth-order valence-electron chi connectivity index (χ4n) is 0.790. The summed E-state index contributed by atoms with van der Waals surface area (Å²) in [6, 6.07) is 0. The third-order valence-electron chi connectivity index (χ3n) is 1.31. The molecule has 13 heavy (non-hydrogen) atoms. The van der Waals surface area contributed by atoms with E-state index in [1.54, 1.807) is 12.2 Å². The molecule has 1 unspecified atom stereocenters. The van der Waals surface area contributed by atoms with E-state index >= 15 is 0 Å². The number of ether oxygens (including phenoxy) is 1. The Labute approximate surface area is 89.7 Å². The Morgan fingerprint density at radius 3 is 2.38 bits per heavy atom. The Morgan fingerprint density at radius 1 is 1.46 bits per heavy atom. The molecule has 1 nitrogen and oxygen atoms in total. The summed E-state index contributed by atoms with van der Waals surface area (Å²) >= 11 is 4.15. The summed E-state index contributed by atoms with van der Waals surface area (Å²) in [6.07, 6.45) is 5.54. The van der Waals surface area contributed by atoms with E-state index in [0.29, 0.717) is 0 Å². The number of hydrogen-bond donors (Lipinski definition) is 1. The third kappa shape index (κ3) is 5.24. The van der Waals surface area contributed by atoms with Gasteiger partial charge in [0, 0.05) is 0 Å². The molecule has 0 heterocycles. The first-order valence-electron chi connectivity index (χ1n) is 4.06. The Balaban J connectivity index is 4.42. The van der Waals surface area contributed by atoms with Crippen LogP contribution in [0.1, 0.15) is 13.8 Å². The summed E-state index contributed by atoms with van der Waals surface area (Å²) in [5.41, 5.74) is 0.919. The van der Waals surface area contributed by atoms with Crippen molar-refractivity contribution in [3.63, 3.8) is 0 Å². The molecular formula is C10H16OS2. The summed E-state index contributed by atoms with van der Waals surface area (Å²) in [5, 5.41) is 0. The maximum Gasteiger partial charge on any atom is 0.138 e. The zero-order valence-corrected chi connectivity index (χ0v) is 9.78. The molecule has 0 N–H and O–H groups in total. The Bertz CT molecular complexity index is 197. The average molecular weight is 216 g/mol. The molecule has 0 aliphatic carbocycles. The SMILES string of the molecule is C=C/C=C(\C=C)C(OC(C)C)SS. The Hall–Kier alpha value is -0.120. The van der Waals surface area contributed by atoms with Gasteiger partial charge in [0.05, 0.1) is 6.10 Å². The van der Waals surface area contributed by atoms with E-state index in [1.807, 2.05) is 19.9 Å². The summed E-state index contributed by atoms with van der Waals surface area (Å²) in [6.45, 7) is 11.3. The number of allylic oxidation sites excluding steroid dienone is 2. The first-order chi connectivity index (χ1) is 6.15. The molecule has 0 aliphatic rings. The second-order valence-corrected chi connectivity index (χ2v) is 4.00. The lowest BCUT2D eigenvalue weighted by Gasteiger charge is -2.18. The maximum atomic E-state index is 5.60. The van der Waals surface area contributed by atoms with E-state index < -0.39 is 0 Å². The minimum Gasteiger partial charge on any atom is -0.359 e. The van der Waals surface area contributed by atoms with Crippen LogP contribution in [0, 0.1) is 0 Å². The zero-order chi connectivity index (χ0) is 10.3. The topological polar surface area (TPSA) is 9.23 Å². The molecule has 0 aromatic heterocycles. The quantitative estimate of drug-likeness (QED) is 0.314. The second-order valence-electron chi connectivity index (χ2n) is 2.73. The number of thiol groups is 1. The lowest BCUT2D eigenvalue weighted by molar-refractivity contribution is 0.0798. The van der Waals surface area contributed by atoms with Crippen molar-refractivity contribution in [1.29, 1.82) is 0 Å². The first kappa shape index (κ1) is 12.9. The van der Waals surface area contributed by atoms with Crippen LogP contribution in [-0.4, -0.2) is 11.5 Å². The van der Waals surface area contributed by atoms with Gasteiger partial charge in [0.25, 0.3) is 0 Å². The van der Waals surface area contributed by atoms with Crippen molar-refractivity contribution in [2.75, 3.05) is 0 Å². The molecule has 0 bridgehead atoms. The Morgan fingerprint density at radius 2 is 2.08 bits per heavy atom. The maximum absolute atomic E-state index is 5.60. The van der Waals surface area contributed by atoms with Gasteiger partial charge in [0.1, 0.15) is 5.44 Å². The Kier molecular flexibility index (Phi) is 7.23. The van der Waals surface area contributed by atoms with Crippen LogP contribution in [0.25, 0.3) is 0 Å². The van der Waals surface area contributed by atoms with Crippen molar-refractivity contribution in [2.24, 2.45) is 0 Å². The highest BCUT2D eigenvalue weighted by atomic mass is 33.1. The third-order valence-corrected chi connectivity index (χ3v) is 2.46. The molecule has 0 aromatic carbocycles. The van der Waals surface area contributed by atoms with Crippen molar-refractivity contribution >= 4 is 22.5 Å². The van der Waals surface area contributed by atoms with Gasteiger partial charge in [-0.2, -0.15) is 0 Å². The fourth-order valence-corrected chi connectivity index (χ4v) is 1.87.